The average molecular weight is 257 g/mol. The molecule has 4 nitrogen and oxygen atoms in total. The number of amides is 1. The quantitative estimate of drug-likeness (QED) is 0.793. The first-order chi connectivity index (χ1) is 8.03. The van der Waals surface area contributed by atoms with Crippen LogP contribution in [0.5, 0.6) is 0 Å². The van der Waals surface area contributed by atoms with E-state index in [2.05, 4.69) is 5.32 Å². The third-order valence-electron chi connectivity index (χ3n) is 4.52. The van der Waals surface area contributed by atoms with Crippen molar-refractivity contribution in [2.75, 3.05) is 11.5 Å². The average Bonchev–Trinajstić information content (AvgIpc) is 2.89. The van der Waals surface area contributed by atoms with Crippen molar-refractivity contribution >= 4 is 15.7 Å². The molecular weight excluding hydrogens is 238 g/mol. The maximum absolute atomic E-state index is 12.0. The highest BCUT2D eigenvalue weighted by Crippen LogP contribution is 2.54. The standard InChI is InChI=1S/C12H19NO3S/c14-12(10-6-8-5-9(8)7-10)13-11-1-3-17(15,16)4-2-11/h8-11H,1-7H2,(H,13,14). The maximum Gasteiger partial charge on any atom is 0.223 e. The number of rotatable bonds is 2. The lowest BCUT2D eigenvalue weighted by Gasteiger charge is -2.24. The molecule has 1 aliphatic heterocycles. The predicted octanol–water partition coefficient (Wildman–Crippen LogP) is 0.726. The lowest BCUT2D eigenvalue weighted by atomic mass is 10.0. The zero-order valence-electron chi connectivity index (χ0n) is 9.89. The van der Waals surface area contributed by atoms with Crippen LogP contribution in [-0.2, 0) is 14.6 Å². The van der Waals surface area contributed by atoms with Crippen LogP contribution in [0.15, 0.2) is 0 Å². The van der Waals surface area contributed by atoms with Crippen LogP contribution < -0.4 is 5.32 Å². The van der Waals surface area contributed by atoms with Crippen LogP contribution in [0.2, 0.25) is 0 Å². The molecule has 0 radical (unpaired) electrons. The molecular formula is C12H19NO3S. The van der Waals surface area contributed by atoms with Crippen molar-refractivity contribution in [2.45, 2.75) is 38.1 Å². The van der Waals surface area contributed by atoms with Gasteiger partial charge in [0.05, 0.1) is 11.5 Å². The van der Waals surface area contributed by atoms with Crippen molar-refractivity contribution in [3.8, 4) is 0 Å². The number of fused-ring (bicyclic) bond motifs is 1. The Bertz CT molecular complexity index is 407. The minimum Gasteiger partial charge on any atom is -0.353 e. The van der Waals surface area contributed by atoms with E-state index in [1.165, 1.54) is 6.42 Å². The second-order valence-electron chi connectivity index (χ2n) is 5.86. The number of sulfone groups is 1. The first-order valence-corrected chi connectivity index (χ1v) is 8.36. The molecule has 17 heavy (non-hydrogen) atoms. The Morgan fingerprint density at radius 1 is 1.00 bits per heavy atom. The lowest BCUT2D eigenvalue weighted by Crippen LogP contribution is -2.43. The molecule has 5 heteroatoms. The van der Waals surface area contributed by atoms with Gasteiger partial charge in [0.2, 0.25) is 5.91 Å². The maximum atomic E-state index is 12.0. The van der Waals surface area contributed by atoms with Crippen LogP contribution in [0.1, 0.15) is 32.1 Å². The Balaban J connectivity index is 1.49. The van der Waals surface area contributed by atoms with Gasteiger partial charge in [0.15, 0.2) is 0 Å². The second kappa shape index (κ2) is 3.97. The predicted molar refractivity (Wildman–Crippen MR) is 64.1 cm³/mol. The summed E-state index contributed by atoms with van der Waals surface area (Å²) in [5.41, 5.74) is 0. The van der Waals surface area contributed by atoms with Crippen LogP contribution in [0.25, 0.3) is 0 Å². The van der Waals surface area contributed by atoms with E-state index in [0.717, 1.165) is 24.7 Å². The molecule has 1 saturated heterocycles. The van der Waals surface area contributed by atoms with Crippen molar-refractivity contribution in [3.63, 3.8) is 0 Å². The summed E-state index contributed by atoms with van der Waals surface area (Å²) in [5.74, 6) is 2.47. The first-order valence-electron chi connectivity index (χ1n) is 6.54. The summed E-state index contributed by atoms with van der Waals surface area (Å²) in [7, 11) is -2.82. The summed E-state index contributed by atoms with van der Waals surface area (Å²) in [4.78, 5) is 12.0. The minimum atomic E-state index is -2.82. The van der Waals surface area contributed by atoms with Crippen LogP contribution in [0, 0.1) is 17.8 Å². The number of hydrogen-bond donors (Lipinski definition) is 1. The van der Waals surface area contributed by atoms with Gasteiger partial charge < -0.3 is 5.32 Å². The molecule has 0 aromatic rings. The van der Waals surface area contributed by atoms with Crippen molar-refractivity contribution in [1.82, 2.24) is 5.32 Å². The summed E-state index contributed by atoms with van der Waals surface area (Å²) in [5, 5.41) is 3.04. The van der Waals surface area contributed by atoms with E-state index in [0.29, 0.717) is 12.8 Å². The molecule has 0 spiro atoms. The molecule has 0 bridgehead atoms. The highest BCUT2D eigenvalue weighted by atomic mass is 32.2. The monoisotopic (exact) mass is 257 g/mol. The molecule has 1 heterocycles. The minimum absolute atomic E-state index is 0.0861. The Morgan fingerprint density at radius 3 is 2.18 bits per heavy atom. The van der Waals surface area contributed by atoms with Crippen LogP contribution in [-0.4, -0.2) is 31.9 Å². The van der Waals surface area contributed by atoms with Gasteiger partial charge in [-0.05, 0) is 43.9 Å². The van der Waals surface area contributed by atoms with Gasteiger partial charge >= 0.3 is 0 Å². The fraction of sp³-hybridized carbons (Fsp3) is 0.917. The zero-order valence-corrected chi connectivity index (χ0v) is 10.7. The highest BCUT2D eigenvalue weighted by Gasteiger charge is 2.48. The van der Waals surface area contributed by atoms with Gasteiger partial charge in [-0.1, -0.05) is 0 Å². The molecule has 1 N–H and O–H groups in total. The molecule has 0 aromatic carbocycles. The van der Waals surface area contributed by atoms with Crippen LogP contribution in [0.3, 0.4) is 0 Å². The van der Waals surface area contributed by atoms with Crippen molar-refractivity contribution in [1.29, 1.82) is 0 Å². The van der Waals surface area contributed by atoms with E-state index >= 15 is 0 Å². The molecule has 1 amide bonds. The largest absolute Gasteiger partial charge is 0.353 e. The topological polar surface area (TPSA) is 63.2 Å². The third-order valence-corrected chi connectivity index (χ3v) is 6.23. The van der Waals surface area contributed by atoms with Crippen LogP contribution in [0.4, 0.5) is 0 Å². The van der Waals surface area contributed by atoms with Gasteiger partial charge in [-0.3, -0.25) is 4.79 Å². The smallest absolute Gasteiger partial charge is 0.223 e. The van der Waals surface area contributed by atoms with E-state index in [4.69, 9.17) is 0 Å². The number of carbonyl (C=O) groups excluding carboxylic acids is 1. The summed E-state index contributed by atoms with van der Waals surface area (Å²) < 4.78 is 22.5. The molecule has 3 rings (SSSR count). The molecule has 2 unspecified atom stereocenters. The normalized spacial score (nSPS) is 39.6. The van der Waals surface area contributed by atoms with Crippen molar-refractivity contribution < 1.29 is 13.2 Å². The van der Waals surface area contributed by atoms with Gasteiger partial charge in [0, 0.05) is 12.0 Å². The fourth-order valence-corrected chi connectivity index (χ4v) is 4.77. The third kappa shape index (κ3) is 2.49. The molecule has 2 saturated carbocycles. The molecule has 3 aliphatic rings. The second-order valence-corrected chi connectivity index (χ2v) is 8.16. The van der Waals surface area contributed by atoms with E-state index in [-0.39, 0.29) is 29.4 Å². The van der Waals surface area contributed by atoms with E-state index < -0.39 is 9.84 Å². The van der Waals surface area contributed by atoms with Gasteiger partial charge in [0.25, 0.3) is 0 Å². The fourth-order valence-electron chi connectivity index (χ4n) is 3.28. The zero-order chi connectivity index (χ0) is 12.0. The summed E-state index contributed by atoms with van der Waals surface area (Å²) in [6.45, 7) is 0. The van der Waals surface area contributed by atoms with E-state index in [1.54, 1.807) is 0 Å². The number of hydrogen-bond acceptors (Lipinski definition) is 3. The lowest BCUT2D eigenvalue weighted by molar-refractivity contribution is -0.125. The molecule has 0 aromatic heterocycles. The van der Waals surface area contributed by atoms with Gasteiger partial charge in [0.1, 0.15) is 9.84 Å². The number of carbonyl (C=O) groups is 1. The molecule has 3 fully saturated rings. The summed E-state index contributed by atoms with van der Waals surface area (Å²) in [6, 6.07) is 0.0861. The Morgan fingerprint density at radius 2 is 1.59 bits per heavy atom. The van der Waals surface area contributed by atoms with Gasteiger partial charge in [-0.15, -0.1) is 0 Å². The van der Waals surface area contributed by atoms with Gasteiger partial charge in [-0.25, -0.2) is 8.42 Å². The number of nitrogens with one attached hydrogen (secondary N) is 1. The SMILES string of the molecule is O=C(NC1CCS(=O)(=O)CC1)C1CC2CC2C1. The Kier molecular flexibility index (Phi) is 2.69. The summed E-state index contributed by atoms with van der Waals surface area (Å²) >= 11 is 0. The first kappa shape index (κ1) is 11.5. The van der Waals surface area contributed by atoms with Crippen molar-refractivity contribution in [2.24, 2.45) is 17.8 Å². The van der Waals surface area contributed by atoms with E-state index in [9.17, 15) is 13.2 Å². The summed E-state index contributed by atoms with van der Waals surface area (Å²) in [6.07, 6.45) is 4.62. The Hall–Kier alpha value is -0.580. The highest BCUT2D eigenvalue weighted by molar-refractivity contribution is 7.91. The van der Waals surface area contributed by atoms with Crippen LogP contribution >= 0.6 is 0 Å². The Labute approximate surface area is 102 Å². The molecule has 2 aliphatic carbocycles. The molecule has 2 atom stereocenters. The molecule has 96 valence electrons. The van der Waals surface area contributed by atoms with Crippen molar-refractivity contribution in [3.05, 3.63) is 0 Å². The van der Waals surface area contributed by atoms with Gasteiger partial charge in [-0.2, -0.15) is 0 Å². The van der Waals surface area contributed by atoms with E-state index in [1.807, 2.05) is 0 Å².